The van der Waals surface area contributed by atoms with Gasteiger partial charge in [-0.1, -0.05) is 0 Å². The number of aliphatic hydroxyl groups is 1. The fourth-order valence-corrected chi connectivity index (χ4v) is 4.06. The van der Waals surface area contributed by atoms with Crippen LogP contribution in [0.5, 0.6) is 0 Å². The van der Waals surface area contributed by atoms with E-state index in [0.29, 0.717) is 32.5 Å². The quantitative estimate of drug-likeness (QED) is 0.828. The van der Waals surface area contributed by atoms with Crippen molar-refractivity contribution in [1.29, 1.82) is 0 Å². The molecule has 0 amide bonds. The Bertz CT molecular complexity index is 615. The van der Waals surface area contributed by atoms with Crippen molar-refractivity contribution >= 4 is 16.0 Å². The summed E-state index contributed by atoms with van der Waals surface area (Å²) in [5, 5.41) is 18.2. The van der Waals surface area contributed by atoms with Crippen LogP contribution in [-0.2, 0) is 16.6 Å². The first-order valence-corrected chi connectivity index (χ1v) is 8.38. The third-order valence-electron chi connectivity index (χ3n) is 3.90. The molecule has 21 heavy (non-hydrogen) atoms. The van der Waals surface area contributed by atoms with Crippen LogP contribution in [0.3, 0.4) is 0 Å². The van der Waals surface area contributed by atoms with Crippen molar-refractivity contribution in [1.82, 2.24) is 8.87 Å². The van der Waals surface area contributed by atoms with Crippen LogP contribution < -0.4 is 0 Å². The van der Waals surface area contributed by atoms with E-state index in [1.54, 1.807) is 6.92 Å². The molecule has 7 nitrogen and oxygen atoms in total. The summed E-state index contributed by atoms with van der Waals surface area (Å²) >= 11 is 0. The number of carboxylic acid groups (broad SMARTS) is 1. The number of hydrogen-bond donors (Lipinski definition) is 2. The van der Waals surface area contributed by atoms with Crippen molar-refractivity contribution in [2.24, 2.45) is 5.92 Å². The fourth-order valence-electron chi connectivity index (χ4n) is 2.55. The van der Waals surface area contributed by atoms with E-state index in [2.05, 4.69) is 0 Å². The molecule has 1 fully saturated rings. The second-order valence-electron chi connectivity index (χ2n) is 5.18. The van der Waals surface area contributed by atoms with Gasteiger partial charge in [-0.2, -0.15) is 4.31 Å². The van der Waals surface area contributed by atoms with Gasteiger partial charge in [-0.3, -0.25) is 0 Å². The number of rotatable bonds is 5. The first-order chi connectivity index (χ1) is 9.90. The Labute approximate surface area is 123 Å². The molecule has 1 aliphatic rings. The third-order valence-corrected chi connectivity index (χ3v) is 5.76. The van der Waals surface area contributed by atoms with Gasteiger partial charge in [0.2, 0.25) is 10.0 Å². The Balaban J connectivity index is 2.26. The number of piperidine rings is 1. The highest BCUT2D eigenvalue weighted by Crippen LogP contribution is 2.25. The zero-order chi connectivity index (χ0) is 15.6. The van der Waals surface area contributed by atoms with Crippen LogP contribution in [0.2, 0.25) is 0 Å². The monoisotopic (exact) mass is 316 g/mol. The largest absolute Gasteiger partial charge is 0.477 e. The van der Waals surface area contributed by atoms with Gasteiger partial charge in [0, 0.05) is 32.4 Å². The minimum absolute atomic E-state index is 0.0178. The lowest BCUT2D eigenvalue weighted by atomic mass is 10.00. The van der Waals surface area contributed by atoms with Gasteiger partial charge in [0.15, 0.2) is 0 Å². The number of carbonyl (C=O) groups is 1. The van der Waals surface area contributed by atoms with Gasteiger partial charge < -0.3 is 14.8 Å². The highest BCUT2D eigenvalue weighted by molar-refractivity contribution is 7.89. The van der Waals surface area contributed by atoms with Crippen molar-refractivity contribution in [2.75, 3.05) is 19.7 Å². The molecule has 2 heterocycles. The van der Waals surface area contributed by atoms with Crippen molar-refractivity contribution in [2.45, 2.75) is 31.2 Å². The summed E-state index contributed by atoms with van der Waals surface area (Å²) in [6.45, 7) is 2.93. The SMILES string of the molecule is CCn1cc(S(=O)(=O)N2CCC(CO)CC2)cc1C(=O)O. The van der Waals surface area contributed by atoms with Crippen LogP contribution in [0.1, 0.15) is 30.3 Å². The maximum absolute atomic E-state index is 12.5. The number of aliphatic hydroxyl groups excluding tert-OH is 1. The standard InChI is InChI=1S/C13H20N2O5S/c1-2-14-8-11(7-12(14)13(17)18)21(19,20)15-5-3-10(9-16)4-6-15/h7-8,10,16H,2-6,9H2,1H3,(H,17,18). The summed E-state index contributed by atoms with van der Waals surface area (Å²) in [5.41, 5.74) is -0.0266. The molecule has 0 radical (unpaired) electrons. The van der Waals surface area contributed by atoms with E-state index in [9.17, 15) is 13.2 Å². The summed E-state index contributed by atoms with van der Waals surface area (Å²) in [5.74, 6) is -0.997. The molecule has 0 unspecified atom stereocenters. The van der Waals surface area contributed by atoms with E-state index < -0.39 is 16.0 Å². The Morgan fingerprint density at radius 1 is 1.38 bits per heavy atom. The number of sulfonamides is 1. The molecule has 1 aliphatic heterocycles. The highest BCUT2D eigenvalue weighted by atomic mass is 32.2. The van der Waals surface area contributed by atoms with Crippen LogP contribution >= 0.6 is 0 Å². The highest BCUT2D eigenvalue weighted by Gasteiger charge is 2.31. The lowest BCUT2D eigenvalue weighted by Crippen LogP contribution is -2.39. The van der Waals surface area contributed by atoms with Crippen LogP contribution in [0.15, 0.2) is 17.2 Å². The summed E-state index contributed by atoms with van der Waals surface area (Å²) in [4.78, 5) is 11.1. The summed E-state index contributed by atoms with van der Waals surface area (Å²) in [7, 11) is -3.67. The molecule has 118 valence electrons. The zero-order valence-corrected chi connectivity index (χ0v) is 12.7. The summed E-state index contributed by atoms with van der Waals surface area (Å²) in [6, 6.07) is 1.21. The molecule has 1 aromatic heterocycles. The number of aromatic nitrogens is 1. The predicted molar refractivity (Wildman–Crippen MR) is 75.6 cm³/mol. The van der Waals surface area contributed by atoms with Gasteiger partial charge in [-0.15, -0.1) is 0 Å². The van der Waals surface area contributed by atoms with E-state index in [4.69, 9.17) is 10.2 Å². The fraction of sp³-hybridized carbons (Fsp3) is 0.615. The maximum Gasteiger partial charge on any atom is 0.352 e. The normalized spacial score (nSPS) is 18.0. The van der Waals surface area contributed by atoms with Gasteiger partial charge in [0.05, 0.1) is 0 Å². The van der Waals surface area contributed by atoms with E-state index >= 15 is 0 Å². The Morgan fingerprint density at radius 2 is 2.00 bits per heavy atom. The van der Waals surface area contributed by atoms with Crippen molar-refractivity contribution < 1.29 is 23.4 Å². The van der Waals surface area contributed by atoms with Crippen molar-refractivity contribution in [3.63, 3.8) is 0 Å². The van der Waals surface area contributed by atoms with Gasteiger partial charge in [-0.05, 0) is 31.7 Å². The van der Waals surface area contributed by atoms with E-state index in [0.717, 1.165) is 0 Å². The first kappa shape index (κ1) is 16.0. The number of aryl methyl sites for hydroxylation is 1. The zero-order valence-electron chi connectivity index (χ0n) is 11.9. The average molecular weight is 316 g/mol. The molecular formula is C13H20N2O5S. The second kappa shape index (κ2) is 6.17. The molecule has 1 aromatic rings. The van der Waals surface area contributed by atoms with E-state index in [1.807, 2.05) is 0 Å². The molecule has 2 N–H and O–H groups in total. The number of hydrogen-bond acceptors (Lipinski definition) is 4. The molecule has 0 spiro atoms. The van der Waals surface area contributed by atoms with Crippen LogP contribution in [0, 0.1) is 5.92 Å². The molecule has 0 saturated carbocycles. The molecule has 8 heteroatoms. The second-order valence-corrected chi connectivity index (χ2v) is 7.12. The number of nitrogens with zero attached hydrogens (tertiary/aromatic N) is 2. The molecule has 0 aliphatic carbocycles. The molecule has 0 bridgehead atoms. The molecule has 0 atom stereocenters. The maximum atomic E-state index is 12.5. The minimum Gasteiger partial charge on any atom is -0.477 e. The van der Waals surface area contributed by atoms with Gasteiger partial charge in [0.1, 0.15) is 10.6 Å². The first-order valence-electron chi connectivity index (χ1n) is 6.94. The Hall–Kier alpha value is -1.38. The van der Waals surface area contributed by atoms with Crippen LogP contribution in [0.25, 0.3) is 0 Å². The van der Waals surface area contributed by atoms with Crippen molar-refractivity contribution in [3.8, 4) is 0 Å². The topological polar surface area (TPSA) is 99.8 Å². The van der Waals surface area contributed by atoms with Crippen LogP contribution in [-0.4, -0.2) is 53.2 Å². The number of aromatic carboxylic acids is 1. The van der Waals surface area contributed by atoms with Gasteiger partial charge in [-0.25, -0.2) is 13.2 Å². The van der Waals surface area contributed by atoms with E-state index in [1.165, 1.54) is 21.1 Å². The van der Waals surface area contributed by atoms with Crippen LogP contribution in [0.4, 0.5) is 0 Å². The van der Waals surface area contributed by atoms with Gasteiger partial charge >= 0.3 is 5.97 Å². The molecule has 1 saturated heterocycles. The van der Waals surface area contributed by atoms with Gasteiger partial charge in [0.25, 0.3) is 0 Å². The summed E-state index contributed by atoms with van der Waals surface area (Å²) < 4.78 is 27.9. The minimum atomic E-state index is -3.67. The Kier molecular flexibility index (Phi) is 4.70. The molecular weight excluding hydrogens is 296 g/mol. The van der Waals surface area contributed by atoms with Crippen molar-refractivity contribution in [3.05, 3.63) is 18.0 Å². The average Bonchev–Trinajstić information content (AvgIpc) is 2.92. The smallest absolute Gasteiger partial charge is 0.352 e. The lowest BCUT2D eigenvalue weighted by Gasteiger charge is -2.29. The molecule has 2 rings (SSSR count). The van der Waals surface area contributed by atoms with E-state index in [-0.39, 0.29) is 23.1 Å². The molecule has 0 aromatic carbocycles. The third kappa shape index (κ3) is 3.12. The predicted octanol–water partition coefficient (Wildman–Crippen LogP) is 0.599. The Morgan fingerprint density at radius 3 is 2.43 bits per heavy atom. The lowest BCUT2D eigenvalue weighted by molar-refractivity contribution is 0.0685. The summed E-state index contributed by atoms with van der Waals surface area (Å²) in [6.07, 6.45) is 2.61. The number of carboxylic acids is 1.